The Bertz CT molecular complexity index is 1010. The number of likely N-dealkylation sites (tertiary alicyclic amines) is 1. The molecule has 1 N–H and O–H groups in total. The maximum absolute atomic E-state index is 12.8. The van der Waals surface area contributed by atoms with Crippen molar-refractivity contribution >= 4 is 16.8 Å². The monoisotopic (exact) mass is 389 g/mol. The lowest BCUT2D eigenvalue weighted by atomic mass is 9.88. The molecule has 1 amide bonds. The largest absolute Gasteiger partial charge is 0.370 e. The molecule has 2 saturated heterocycles. The van der Waals surface area contributed by atoms with E-state index in [0.29, 0.717) is 25.6 Å². The molecular formula is C24H27N3O2. The van der Waals surface area contributed by atoms with Crippen molar-refractivity contribution in [1.29, 1.82) is 0 Å². The van der Waals surface area contributed by atoms with Crippen LogP contribution < -0.4 is 0 Å². The van der Waals surface area contributed by atoms with E-state index in [-0.39, 0.29) is 11.5 Å². The summed E-state index contributed by atoms with van der Waals surface area (Å²) in [6.45, 7) is 3.09. The number of hydrogen-bond acceptors (Lipinski definition) is 3. The summed E-state index contributed by atoms with van der Waals surface area (Å²) in [6.07, 6.45) is 3.39. The molecule has 1 unspecified atom stereocenters. The highest BCUT2D eigenvalue weighted by Crippen LogP contribution is 2.37. The van der Waals surface area contributed by atoms with Gasteiger partial charge in [-0.1, -0.05) is 48.5 Å². The first kappa shape index (κ1) is 18.4. The predicted molar refractivity (Wildman–Crippen MR) is 114 cm³/mol. The summed E-state index contributed by atoms with van der Waals surface area (Å²) in [5, 5.41) is 1.14. The second kappa shape index (κ2) is 7.32. The van der Waals surface area contributed by atoms with Gasteiger partial charge < -0.3 is 14.6 Å². The van der Waals surface area contributed by atoms with E-state index < -0.39 is 0 Å². The number of benzene rings is 2. The van der Waals surface area contributed by atoms with Gasteiger partial charge in [-0.2, -0.15) is 0 Å². The lowest BCUT2D eigenvalue weighted by Crippen LogP contribution is -2.63. The number of nitrogens with zero attached hydrogens (tertiary/aromatic N) is 2. The van der Waals surface area contributed by atoms with Gasteiger partial charge in [-0.25, -0.2) is 0 Å². The van der Waals surface area contributed by atoms with E-state index in [1.165, 1.54) is 5.56 Å². The molecule has 0 saturated carbocycles. The molecule has 1 atom stereocenters. The third-order valence-corrected chi connectivity index (χ3v) is 6.42. The number of ether oxygens (including phenoxy) is 1. The molecule has 1 aromatic heterocycles. The zero-order chi connectivity index (χ0) is 19.8. The van der Waals surface area contributed by atoms with Crippen LogP contribution in [-0.2, 0) is 22.5 Å². The highest BCUT2D eigenvalue weighted by atomic mass is 16.5. The minimum atomic E-state index is -0.147. The van der Waals surface area contributed by atoms with Crippen LogP contribution in [-0.4, -0.2) is 59.1 Å². The van der Waals surface area contributed by atoms with Gasteiger partial charge in [0.15, 0.2) is 0 Å². The molecule has 0 bridgehead atoms. The minimum absolute atomic E-state index is 0.147. The SMILES string of the molecule is CN(Cc1ccccc1)C1COC2(C1)CN(C(=O)Cc1c[nH]c3ccccc13)C2. The van der Waals surface area contributed by atoms with E-state index in [9.17, 15) is 4.79 Å². The molecule has 5 heteroatoms. The van der Waals surface area contributed by atoms with E-state index in [1.807, 2.05) is 35.4 Å². The summed E-state index contributed by atoms with van der Waals surface area (Å²) < 4.78 is 6.19. The van der Waals surface area contributed by atoms with Crippen molar-refractivity contribution in [3.63, 3.8) is 0 Å². The van der Waals surface area contributed by atoms with E-state index in [2.05, 4.69) is 47.3 Å². The molecular weight excluding hydrogens is 362 g/mol. The number of para-hydroxylation sites is 1. The number of likely N-dealkylation sites (N-methyl/N-ethyl adjacent to an activating group) is 1. The van der Waals surface area contributed by atoms with Crippen LogP contribution in [0.2, 0.25) is 0 Å². The molecule has 3 heterocycles. The number of aromatic amines is 1. The molecule has 3 aromatic rings. The average molecular weight is 389 g/mol. The van der Waals surface area contributed by atoms with Crippen molar-refractivity contribution in [2.24, 2.45) is 0 Å². The van der Waals surface area contributed by atoms with Crippen LogP contribution >= 0.6 is 0 Å². The molecule has 5 nitrogen and oxygen atoms in total. The summed E-state index contributed by atoms with van der Waals surface area (Å²) in [5.74, 6) is 0.185. The number of hydrogen-bond donors (Lipinski definition) is 1. The van der Waals surface area contributed by atoms with Crippen LogP contribution in [0.1, 0.15) is 17.5 Å². The lowest BCUT2D eigenvalue weighted by Gasteiger charge is -2.47. The molecule has 2 aromatic carbocycles. The molecule has 0 aliphatic carbocycles. The topological polar surface area (TPSA) is 48.6 Å². The van der Waals surface area contributed by atoms with Crippen LogP contribution in [0.15, 0.2) is 60.8 Å². The van der Waals surface area contributed by atoms with Crippen molar-refractivity contribution in [3.8, 4) is 0 Å². The van der Waals surface area contributed by atoms with Crippen molar-refractivity contribution in [3.05, 3.63) is 71.9 Å². The number of amides is 1. The molecule has 2 aliphatic heterocycles. The molecule has 2 aliphatic rings. The van der Waals surface area contributed by atoms with Crippen molar-refractivity contribution in [2.75, 3.05) is 26.7 Å². The average Bonchev–Trinajstić information content (AvgIpc) is 3.33. The second-order valence-corrected chi connectivity index (χ2v) is 8.54. The van der Waals surface area contributed by atoms with Crippen LogP contribution in [0, 0.1) is 0 Å². The van der Waals surface area contributed by atoms with Gasteiger partial charge in [0.05, 0.1) is 26.1 Å². The second-order valence-electron chi connectivity index (χ2n) is 8.54. The normalized spacial score (nSPS) is 20.5. The fourth-order valence-electron chi connectivity index (χ4n) is 4.70. The first-order valence-corrected chi connectivity index (χ1v) is 10.3. The summed E-state index contributed by atoms with van der Waals surface area (Å²) in [7, 11) is 2.17. The maximum Gasteiger partial charge on any atom is 0.227 e. The van der Waals surface area contributed by atoms with Crippen LogP contribution in [0.5, 0.6) is 0 Å². The fraction of sp³-hybridized carbons (Fsp3) is 0.375. The Balaban J connectivity index is 1.16. The Labute approximate surface area is 171 Å². The van der Waals surface area contributed by atoms with Crippen molar-refractivity contribution < 1.29 is 9.53 Å². The lowest BCUT2D eigenvalue weighted by molar-refractivity contribution is -0.157. The third kappa shape index (κ3) is 3.56. The molecule has 150 valence electrons. The summed E-state index contributed by atoms with van der Waals surface area (Å²) >= 11 is 0. The smallest absolute Gasteiger partial charge is 0.227 e. The first-order chi connectivity index (χ1) is 14.1. The van der Waals surface area contributed by atoms with Crippen molar-refractivity contribution in [2.45, 2.75) is 31.0 Å². The van der Waals surface area contributed by atoms with Gasteiger partial charge in [0.1, 0.15) is 5.60 Å². The predicted octanol–water partition coefficient (Wildman–Crippen LogP) is 3.21. The number of fused-ring (bicyclic) bond motifs is 1. The van der Waals surface area contributed by atoms with E-state index in [4.69, 9.17) is 4.74 Å². The highest BCUT2D eigenvalue weighted by molar-refractivity contribution is 5.89. The third-order valence-electron chi connectivity index (χ3n) is 6.42. The molecule has 1 spiro atoms. The zero-order valence-electron chi connectivity index (χ0n) is 16.8. The van der Waals surface area contributed by atoms with Gasteiger partial charge >= 0.3 is 0 Å². The number of H-pyrrole nitrogens is 1. The first-order valence-electron chi connectivity index (χ1n) is 10.3. The molecule has 5 rings (SSSR count). The number of nitrogens with one attached hydrogen (secondary N) is 1. The Kier molecular flexibility index (Phi) is 4.64. The van der Waals surface area contributed by atoms with Gasteiger partial charge in [0.25, 0.3) is 0 Å². The maximum atomic E-state index is 12.8. The van der Waals surface area contributed by atoms with Crippen LogP contribution in [0.4, 0.5) is 0 Å². The van der Waals surface area contributed by atoms with Gasteiger partial charge in [-0.05, 0) is 30.7 Å². The van der Waals surface area contributed by atoms with Gasteiger partial charge in [0.2, 0.25) is 5.91 Å². The Morgan fingerprint density at radius 1 is 1.17 bits per heavy atom. The number of carbonyl (C=O) groups is 1. The number of rotatable bonds is 5. The van der Waals surface area contributed by atoms with Gasteiger partial charge in [0, 0.05) is 29.7 Å². The Hall–Kier alpha value is -2.63. The molecule has 2 fully saturated rings. The summed E-state index contributed by atoms with van der Waals surface area (Å²) in [6, 6.07) is 19.1. The summed E-state index contributed by atoms with van der Waals surface area (Å²) in [4.78, 5) is 20.4. The summed E-state index contributed by atoms with van der Waals surface area (Å²) in [5.41, 5.74) is 3.32. The van der Waals surface area contributed by atoms with Crippen LogP contribution in [0.3, 0.4) is 0 Å². The van der Waals surface area contributed by atoms with E-state index >= 15 is 0 Å². The zero-order valence-corrected chi connectivity index (χ0v) is 16.8. The minimum Gasteiger partial charge on any atom is -0.370 e. The highest BCUT2D eigenvalue weighted by Gasteiger charge is 2.51. The van der Waals surface area contributed by atoms with E-state index in [0.717, 1.165) is 36.0 Å². The van der Waals surface area contributed by atoms with Crippen LogP contribution in [0.25, 0.3) is 10.9 Å². The quantitative estimate of drug-likeness (QED) is 0.729. The number of aromatic nitrogens is 1. The van der Waals surface area contributed by atoms with Gasteiger partial charge in [-0.15, -0.1) is 0 Å². The standard InChI is InChI=1S/C24H27N3O2/c1-26(14-18-7-3-2-4-8-18)20-12-24(29-15-20)16-27(17-24)23(28)11-19-13-25-22-10-6-5-9-21(19)22/h2-10,13,20,25H,11-12,14-17H2,1H3. The van der Waals surface area contributed by atoms with Crippen molar-refractivity contribution in [1.82, 2.24) is 14.8 Å². The molecule has 29 heavy (non-hydrogen) atoms. The Morgan fingerprint density at radius 2 is 1.93 bits per heavy atom. The van der Waals surface area contributed by atoms with Gasteiger partial charge in [-0.3, -0.25) is 9.69 Å². The number of carbonyl (C=O) groups excluding carboxylic acids is 1. The van der Waals surface area contributed by atoms with E-state index in [1.54, 1.807) is 0 Å². The molecule has 0 radical (unpaired) electrons. The fourth-order valence-corrected chi connectivity index (χ4v) is 4.70. The Morgan fingerprint density at radius 3 is 2.76 bits per heavy atom.